The third-order valence-corrected chi connectivity index (χ3v) is 2.69. The molecule has 7 heteroatoms. The number of alkyl halides is 3. The molecule has 104 valence electrons. The first-order chi connectivity index (χ1) is 8.68. The molecule has 0 aromatic carbocycles. The molecule has 0 unspecified atom stereocenters. The van der Waals surface area contributed by atoms with Gasteiger partial charge >= 0.3 is 6.18 Å². The molecule has 2 aromatic heterocycles. The Bertz CT molecular complexity index is 581. The molecule has 0 atom stereocenters. The summed E-state index contributed by atoms with van der Waals surface area (Å²) in [5, 5.41) is 9.99. The van der Waals surface area contributed by atoms with E-state index in [4.69, 9.17) is 0 Å². The van der Waals surface area contributed by atoms with Crippen LogP contribution in [0.2, 0.25) is 0 Å². The third kappa shape index (κ3) is 2.97. The largest absolute Gasteiger partial charge is 0.405 e. The molecule has 0 radical (unpaired) electrons. The summed E-state index contributed by atoms with van der Waals surface area (Å²) in [6.07, 6.45) is -2.64. The second kappa shape index (κ2) is 4.40. The van der Waals surface area contributed by atoms with Gasteiger partial charge in [0.15, 0.2) is 5.65 Å². The Labute approximate surface area is 108 Å². The van der Waals surface area contributed by atoms with Gasteiger partial charge in [0.2, 0.25) is 5.95 Å². The van der Waals surface area contributed by atoms with E-state index >= 15 is 0 Å². The maximum absolute atomic E-state index is 12.2. The number of anilines is 1. The van der Waals surface area contributed by atoms with Gasteiger partial charge < -0.3 is 5.32 Å². The Morgan fingerprint density at radius 2 is 1.89 bits per heavy atom. The summed E-state index contributed by atoms with van der Waals surface area (Å²) in [4.78, 5) is 0. The molecule has 4 nitrogen and oxygen atoms in total. The molecule has 0 aliphatic heterocycles. The van der Waals surface area contributed by atoms with E-state index in [1.165, 1.54) is 4.40 Å². The number of nitrogens with one attached hydrogen (secondary N) is 1. The smallest absolute Gasteiger partial charge is 0.345 e. The molecule has 0 aliphatic rings. The van der Waals surface area contributed by atoms with Crippen LogP contribution in [-0.2, 0) is 5.41 Å². The monoisotopic (exact) mass is 272 g/mol. The molecule has 2 aromatic rings. The van der Waals surface area contributed by atoms with Crippen molar-refractivity contribution >= 4 is 11.6 Å². The van der Waals surface area contributed by atoms with Crippen molar-refractivity contribution in [2.45, 2.75) is 32.4 Å². The number of rotatable bonds is 2. The normalized spacial score (nSPS) is 12.9. The highest BCUT2D eigenvalue weighted by Crippen LogP contribution is 2.26. The van der Waals surface area contributed by atoms with E-state index in [-0.39, 0.29) is 11.4 Å². The lowest BCUT2D eigenvalue weighted by Gasteiger charge is -2.19. The molecule has 0 saturated carbocycles. The van der Waals surface area contributed by atoms with Crippen LogP contribution in [-0.4, -0.2) is 27.3 Å². The summed E-state index contributed by atoms with van der Waals surface area (Å²) >= 11 is 0. The van der Waals surface area contributed by atoms with Crippen molar-refractivity contribution in [1.82, 2.24) is 14.6 Å². The topological polar surface area (TPSA) is 42.2 Å². The zero-order valence-corrected chi connectivity index (χ0v) is 10.9. The SMILES string of the molecule is CC(C)(C)c1cccn2c(NCC(F)(F)F)nnc12. The van der Waals surface area contributed by atoms with Gasteiger partial charge in [0.25, 0.3) is 0 Å². The lowest BCUT2D eigenvalue weighted by atomic mass is 9.88. The van der Waals surface area contributed by atoms with Crippen LogP contribution in [0.25, 0.3) is 5.65 Å². The summed E-state index contributed by atoms with van der Waals surface area (Å²) in [6, 6.07) is 3.67. The Morgan fingerprint density at radius 1 is 1.21 bits per heavy atom. The van der Waals surface area contributed by atoms with Crippen LogP contribution in [0.4, 0.5) is 19.1 Å². The van der Waals surface area contributed by atoms with Gasteiger partial charge in [-0.3, -0.25) is 4.40 Å². The fourth-order valence-corrected chi connectivity index (χ4v) is 1.80. The summed E-state index contributed by atoms with van der Waals surface area (Å²) in [5.41, 5.74) is 1.35. The number of halogens is 3. The molecule has 0 amide bonds. The first kappa shape index (κ1) is 13.6. The van der Waals surface area contributed by atoms with Crippen molar-refractivity contribution in [3.05, 3.63) is 23.9 Å². The van der Waals surface area contributed by atoms with Gasteiger partial charge in [0, 0.05) is 11.8 Å². The minimum atomic E-state index is -4.28. The minimum Gasteiger partial charge on any atom is -0.345 e. The Hall–Kier alpha value is -1.79. The van der Waals surface area contributed by atoms with Crippen molar-refractivity contribution < 1.29 is 13.2 Å². The summed E-state index contributed by atoms with van der Waals surface area (Å²) < 4.78 is 38.1. The predicted molar refractivity (Wildman–Crippen MR) is 66.2 cm³/mol. The van der Waals surface area contributed by atoms with E-state index in [9.17, 15) is 13.2 Å². The first-order valence-electron chi connectivity index (χ1n) is 5.83. The highest BCUT2D eigenvalue weighted by Gasteiger charge is 2.28. The molecule has 19 heavy (non-hydrogen) atoms. The van der Waals surface area contributed by atoms with Gasteiger partial charge in [-0.15, -0.1) is 10.2 Å². The van der Waals surface area contributed by atoms with Crippen molar-refractivity contribution in [1.29, 1.82) is 0 Å². The van der Waals surface area contributed by atoms with E-state index in [1.54, 1.807) is 12.3 Å². The molecular formula is C12H15F3N4. The zero-order valence-electron chi connectivity index (χ0n) is 10.9. The number of hydrogen-bond donors (Lipinski definition) is 1. The summed E-state index contributed by atoms with van der Waals surface area (Å²) in [7, 11) is 0. The predicted octanol–water partition coefficient (Wildman–Crippen LogP) is 3.00. The average Bonchev–Trinajstić information content (AvgIpc) is 2.66. The van der Waals surface area contributed by atoms with Crippen molar-refractivity contribution in [2.24, 2.45) is 0 Å². The molecule has 0 saturated heterocycles. The van der Waals surface area contributed by atoms with Crippen LogP contribution in [0.1, 0.15) is 26.3 Å². The minimum absolute atomic E-state index is 0.0958. The Kier molecular flexibility index (Phi) is 3.15. The molecule has 0 aliphatic carbocycles. The average molecular weight is 272 g/mol. The van der Waals surface area contributed by atoms with Gasteiger partial charge in [-0.2, -0.15) is 13.2 Å². The highest BCUT2D eigenvalue weighted by molar-refractivity contribution is 5.54. The van der Waals surface area contributed by atoms with Gasteiger partial charge in [0.05, 0.1) is 0 Å². The van der Waals surface area contributed by atoms with Crippen molar-refractivity contribution in [3.63, 3.8) is 0 Å². The van der Waals surface area contributed by atoms with Gasteiger partial charge in [0.1, 0.15) is 6.54 Å². The summed E-state index contributed by atoms with van der Waals surface area (Å²) in [5.74, 6) is 0.0958. The standard InChI is InChI=1S/C12H15F3N4/c1-11(2,3)8-5-4-6-19-9(8)17-18-10(19)16-7-12(13,14)15/h4-6H,7H2,1-3H3,(H,16,18). The van der Waals surface area contributed by atoms with Crippen molar-refractivity contribution in [3.8, 4) is 0 Å². The van der Waals surface area contributed by atoms with Crippen LogP contribution in [0.3, 0.4) is 0 Å². The zero-order chi connectivity index (χ0) is 14.3. The second-order valence-electron chi connectivity index (χ2n) is 5.36. The first-order valence-corrected chi connectivity index (χ1v) is 5.83. The van der Waals surface area contributed by atoms with E-state index in [0.717, 1.165) is 5.56 Å². The molecular weight excluding hydrogens is 257 g/mol. The quantitative estimate of drug-likeness (QED) is 0.913. The van der Waals surface area contributed by atoms with E-state index in [1.807, 2.05) is 26.8 Å². The van der Waals surface area contributed by atoms with Crippen molar-refractivity contribution in [2.75, 3.05) is 11.9 Å². The molecule has 0 spiro atoms. The lowest BCUT2D eigenvalue weighted by molar-refractivity contribution is -0.115. The molecule has 0 bridgehead atoms. The van der Waals surface area contributed by atoms with E-state index in [0.29, 0.717) is 5.65 Å². The van der Waals surface area contributed by atoms with Gasteiger partial charge in [-0.1, -0.05) is 26.8 Å². The Morgan fingerprint density at radius 3 is 2.47 bits per heavy atom. The molecule has 1 N–H and O–H groups in total. The van der Waals surface area contributed by atoms with Crippen LogP contribution in [0, 0.1) is 0 Å². The maximum Gasteiger partial charge on any atom is 0.405 e. The second-order valence-corrected chi connectivity index (χ2v) is 5.36. The van der Waals surface area contributed by atoms with Gasteiger partial charge in [-0.05, 0) is 11.5 Å². The maximum atomic E-state index is 12.2. The fourth-order valence-electron chi connectivity index (χ4n) is 1.80. The summed E-state index contributed by atoms with van der Waals surface area (Å²) in [6.45, 7) is 4.91. The number of fused-ring (bicyclic) bond motifs is 1. The number of aromatic nitrogens is 3. The van der Waals surface area contributed by atoms with Crippen LogP contribution in [0.5, 0.6) is 0 Å². The number of pyridine rings is 1. The van der Waals surface area contributed by atoms with Crippen LogP contribution in [0.15, 0.2) is 18.3 Å². The fraction of sp³-hybridized carbons (Fsp3) is 0.500. The number of hydrogen-bond acceptors (Lipinski definition) is 3. The Balaban J connectivity index is 2.39. The molecule has 2 heterocycles. The number of nitrogens with zero attached hydrogens (tertiary/aromatic N) is 3. The molecule has 2 rings (SSSR count). The van der Waals surface area contributed by atoms with Gasteiger partial charge in [-0.25, -0.2) is 0 Å². The van der Waals surface area contributed by atoms with Crippen LogP contribution < -0.4 is 5.32 Å². The molecule has 0 fully saturated rings. The van der Waals surface area contributed by atoms with E-state index < -0.39 is 12.7 Å². The van der Waals surface area contributed by atoms with Crippen LogP contribution >= 0.6 is 0 Å². The highest BCUT2D eigenvalue weighted by atomic mass is 19.4. The third-order valence-electron chi connectivity index (χ3n) is 2.69. The van der Waals surface area contributed by atoms with E-state index in [2.05, 4.69) is 15.5 Å². The lowest BCUT2D eigenvalue weighted by Crippen LogP contribution is -2.22.